The highest BCUT2D eigenvalue weighted by molar-refractivity contribution is 8.06. The van der Waals surface area contributed by atoms with Crippen molar-refractivity contribution in [2.75, 3.05) is 5.75 Å². The van der Waals surface area contributed by atoms with Crippen molar-refractivity contribution in [3.05, 3.63) is 34.7 Å². The van der Waals surface area contributed by atoms with Crippen molar-refractivity contribution in [3.63, 3.8) is 0 Å². The van der Waals surface area contributed by atoms with E-state index < -0.39 is 9.84 Å². The summed E-state index contributed by atoms with van der Waals surface area (Å²) in [5, 5.41) is 0. The second-order valence-corrected chi connectivity index (χ2v) is 10.5. The fourth-order valence-electron chi connectivity index (χ4n) is 3.73. The smallest absolute Gasteiger partial charge is 0.183 e. The van der Waals surface area contributed by atoms with Gasteiger partial charge in [0.15, 0.2) is 9.84 Å². The van der Waals surface area contributed by atoms with Crippen LogP contribution < -0.4 is 0 Å². The van der Waals surface area contributed by atoms with Gasteiger partial charge in [-0.3, -0.25) is 0 Å². The van der Waals surface area contributed by atoms with Gasteiger partial charge in [0.2, 0.25) is 0 Å². The second kappa shape index (κ2) is 5.55. The number of rotatable bonds is 3. The van der Waals surface area contributed by atoms with E-state index in [2.05, 4.69) is 27.7 Å². The Kier molecular flexibility index (Phi) is 4.08. The van der Waals surface area contributed by atoms with Crippen LogP contribution in [0.1, 0.15) is 52.5 Å². The first kappa shape index (κ1) is 16.9. The quantitative estimate of drug-likeness (QED) is 0.795. The highest BCUT2D eigenvalue weighted by Gasteiger charge is 2.52. The summed E-state index contributed by atoms with van der Waals surface area (Å²) in [4.78, 5) is 1.26. The van der Waals surface area contributed by atoms with Gasteiger partial charge in [0.1, 0.15) is 11.4 Å². The van der Waals surface area contributed by atoms with Crippen LogP contribution in [0.15, 0.2) is 34.1 Å². The number of thioether (sulfide) groups is 1. The summed E-state index contributed by atoms with van der Waals surface area (Å²) in [5.74, 6) is 0.842. The van der Waals surface area contributed by atoms with Gasteiger partial charge >= 0.3 is 0 Å². The van der Waals surface area contributed by atoms with Crippen LogP contribution in [-0.4, -0.2) is 24.5 Å². The summed E-state index contributed by atoms with van der Waals surface area (Å²) in [6.45, 7) is 8.68. The number of ether oxygens (including phenoxy) is 1. The molecule has 0 radical (unpaired) electrons. The normalized spacial score (nSPS) is 27.8. The first-order valence-corrected chi connectivity index (χ1v) is 10.7. The van der Waals surface area contributed by atoms with Crippen molar-refractivity contribution in [1.29, 1.82) is 0 Å². The minimum atomic E-state index is -3.28. The summed E-state index contributed by atoms with van der Waals surface area (Å²) in [7, 11) is -3.28. The summed E-state index contributed by atoms with van der Waals surface area (Å²) in [5.41, 5.74) is 0.463. The van der Waals surface area contributed by atoms with Crippen LogP contribution >= 0.6 is 11.8 Å². The SMILES string of the molecule is CCCC1(CC)OC2=C(CS(=O)(=O)c3ccccc32)SC1(C)C. The minimum Gasteiger partial charge on any atom is -0.484 e. The summed E-state index contributed by atoms with van der Waals surface area (Å²) in [6.07, 6.45) is 2.92. The molecule has 0 amide bonds. The Morgan fingerprint density at radius 1 is 1.22 bits per heavy atom. The highest BCUT2D eigenvalue weighted by Crippen LogP contribution is 2.56. The van der Waals surface area contributed by atoms with E-state index in [-0.39, 0.29) is 16.1 Å². The number of fused-ring (bicyclic) bond motifs is 2. The van der Waals surface area contributed by atoms with Crippen LogP contribution in [0.25, 0.3) is 5.76 Å². The van der Waals surface area contributed by atoms with Crippen molar-refractivity contribution >= 4 is 27.4 Å². The molecule has 2 aliphatic rings. The Labute approximate surface area is 143 Å². The number of hydrogen-bond acceptors (Lipinski definition) is 4. The average molecular weight is 353 g/mol. The number of sulfone groups is 1. The second-order valence-electron chi connectivity index (χ2n) is 6.82. The fraction of sp³-hybridized carbons (Fsp3) is 0.556. The number of hydrogen-bond donors (Lipinski definition) is 0. The van der Waals surface area contributed by atoms with Crippen molar-refractivity contribution in [1.82, 2.24) is 0 Å². The van der Waals surface area contributed by atoms with E-state index in [4.69, 9.17) is 4.74 Å². The van der Waals surface area contributed by atoms with Gasteiger partial charge in [0.25, 0.3) is 0 Å². The molecule has 1 atom stereocenters. The Morgan fingerprint density at radius 3 is 2.57 bits per heavy atom. The molecule has 1 aromatic rings. The lowest BCUT2D eigenvalue weighted by Crippen LogP contribution is -2.52. The van der Waals surface area contributed by atoms with Gasteiger partial charge in [-0.2, -0.15) is 0 Å². The molecule has 0 saturated carbocycles. The van der Waals surface area contributed by atoms with Gasteiger partial charge < -0.3 is 4.74 Å². The van der Waals surface area contributed by atoms with E-state index in [1.165, 1.54) is 0 Å². The first-order valence-electron chi connectivity index (χ1n) is 8.19. The first-order chi connectivity index (χ1) is 10.8. The lowest BCUT2D eigenvalue weighted by molar-refractivity contribution is -0.00515. The minimum absolute atomic E-state index is 0.0549. The topological polar surface area (TPSA) is 43.4 Å². The molecule has 0 N–H and O–H groups in total. The average Bonchev–Trinajstić information content (AvgIpc) is 2.48. The zero-order valence-electron chi connectivity index (χ0n) is 14.2. The van der Waals surface area contributed by atoms with Crippen LogP contribution in [0, 0.1) is 0 Å². The molecule has 0 spiro atoms. The van der Waals surface area contributed by atoms with E-state index in [1.807, 2.05) is 12.1 Å². The monoisotopic (exact) mass is 352 g/mol. The van der Waals surface area contributed by atoms with Gasteiger partial charge in [-0.15, -0.1) is 11.8 Å². The van der Waals surface area contributed by atoms with Crippen molar-refractivity contribution in [2.24, 2.45) is 0 Å². The third kappa shape index (κ3) is 2.52. The molecule has 2 aliphatic heterocycles. The molecule has 0 aliphatic carbocycles. The molecule has 3 rings (SSSR count). The Morgan fingerprint density at radius 2 is 1.91 bits per heavy atom. The van der Waals surface area contributed by atoms with Crippen molar-refractivity contribution in [3.8, 4) is 0 Å². The Bertz CT molecular complexity index is 762. The third-order valence-electron chi connectivity index (χ3n) is 5.04. The van der Waals surface area contributed by atoms with Gasteiger partial charge in [-0.25, -0.2) is 8.42 Å². The molecule has 0 aromatic heterocycles. The lowest BCUT2D eigenvalue weighted by atomic mass is 9.82. The molecule has 1 unspecified atom stereocenters. The van der Waals surface area contributed by atoms with Crippen molar-refractivity contribution < 1.29 is 13.2 Å². The zero-order chi connectivity index (χ0) is 16.9. The summed E-state index contributed by atoms with van der Waals surface area (Å²) < 4.78 is 31.6. The molecular weight excluding hydrogens is 328 g/mol. The van der Waals surface area contributed by atoms with Crippen LogP contribution in [0.5, 0.6) is 0 Å². The maximum atomic E-state index is 12.6. The number of benzene rings is 1. The molecule has 0 bridgehead atoms. The maximum Gasteiger partial charge on any atom is 0.183 e. The maximum absolute atomic E-state index is 12.6. The van der Waals surface area contributed by atoms with Crippen LogP contribution in [0.2, 0.25) is 0 Å². The van der Waals surface area contributed by atoms with E-state index in [1.54, 1.807) is 23.9 Å². The zero-order valence-corrected chi connectivity index (χ0v) is 15.8. The predicted molar refractivity (Wildman–Crippen MR) is 96.1 cm³/mol. The molecule has 5 heteroatoms. The highest BCUT2D eigenvalue weighted by atomic mass is 32.2. The van der Waals surface area contributed by atoms with Crippen molar-refractivity contribution in [2.45, 2.75) is 62.2 Å². The standard InChI is InChI=1S/C18H24O3S2/c1-5-11-18(6-2)17(3,4)22-14-12-23(19,20)15-10-8-7-9-13(15)16(14)21-18/h7-10H,5-6,11-12H2,1-4H3. The van der Waals surface area contributed by atoms with E-state index in [0.717, 1.165) is 35.5 Å². The van der Waals surface area contributed by atoms with Gasteiger partial charge in [0, 0.05) is 10.5 Å². The lowest BCUT2D eigenvalue weighted by Gasteiger charge is -2.51. The van der Waals surface area contributed by atoms with E-state index >= 15 is 0 Å². The summed E-state index contributed by atoms with van der Waals surface area (Å²) >= 11 is 1.69. The molecule has 0 fully saturated rings. The van der Waals surface area contributed by atoms with Gasteiger partial charge in [0.05, 0.1) is 15.4 Å². The Hall–Kier alpha value is -0.940. The molecule has 23 heavy (non-hydrogen) atoms. The summed E-state index contributed by atoms with van der Waals surface area (Å²) in [6, 6.07) is 7.22. The molecule has 1 aromatic carbocycles. The molecule has 126 valence electrons. The van der Waals surface area contributed by atoms with Crippen LogP contribution in [0.3, 0.4) is 0 Å². The third-order valence-corrected chi connectivity index (χ3v) is 8.38. The molecule has 2 heterocycles. The van der Waals surface area contributed by atoms with E-state index in [9.17, 15) is 8.42 Å². The largest absolute Gasteiger partial charge is 0.484 e. The Balaban J connectivity index is 2.18. The van der Waals surface area contributed by atoms with Crippen LogP contribution in [-0.2, 0) is 14.6 Å². The predicted octanol–water partition coefficient (Wildman–Crippen LogP) is 4.63. The molecule has 0 saturated heterocycles. The molecular formula is C18H24O3S2. The van der Waals surface area contributed by atoms with Gasteiger partial charge in [-0.05, 0) is 38.8 Å². The van der Waals surface area contributed by atoms with Crippen LogP contribution in [0.4, 0.5) is 0 Å². The fourth-order valence-corrected chi connectivity index (χ4v) is 7.18. The molecule has 3 nitrogen and oxygen atoms in total. The van der Waals surface area contributed by atoms with E-state index in [0.29, 0.717) is 4.90 Å². The van der Waals surface area contributed by atoms with Gasteiger partial charge in [-0.1, -0.05) is 32.4 Å².